The second-order valence-corrected chi connectivity index (χ2v) is 5.25. The molecule has 122 valence electrons. The minimum atomic E-state index is -0.465. The van der Waals surface area contributed by atoms with E-state index in [1.54, 1.807) is 6.92 Å². The van der Waals surface area contributed by atoms with Gasteiger partial charge in [0.05, 0.1) is 7.11 Å². The lowest BCUT2D eigenvalue weighted by atomic mass is 10.1. The van der Waals surface area contributed by atoms with E-state index in [2.05, 4.69) is 5.16 Å². The van der Waals surface area contributed by atoms with Crippen LogP contribution in [0.4, 0.5) is 0 Å². The maximum Gasteiger partial charge on any atom is 0.343 e. The second-order valence-electron chi connectivity index (χ2n) is 5.25. The predicted molar refractivity (Wildman–Crippen MR) is 88.8 cm³/mol. The number of carbonyl (C=O) groups excluding carboxylic acids is 1. The summed E-state index contributed by atoms with van der Waals surface area (Å²) in [5, 5.41) is 3.96. The van der Waals surface area contributed by atoms with Gasteiger partial charge in [0.2, 0.25) is 0 Å². The third-order valence-electron chi connectivity index (χ3n) is 3.63. The predicted octanol–water partition coefficient (Wildman–Crippen LogP) is 4.02. The van der Waals surface area contributed by atoms with Gasteiger partial charge in [-0.25, -0.2) is 4.79 Å². The van der Waals surface area contributed by atoms with Crippen molar-refractivity contribution in [2.24, 2.45) is 0 Å². The number of nitrogens with zero attached hydrogens (tertiary/aromatic N) is 1. The zero-order valence-electron chi connectivity index (χ0n) is 13.5. The third-order valence-corrected chi connectivity index (χ3v) is 3.63. The molecule has 2 aromatic carbocycles. The minimum absolute atomic E-state index is 0.343. The fourth-order valence-corrected chi connectivity index (χ4v) is 2.36. The van der Waals surface area contributed by atoms with E-state index in [9.17, 15) is 4.79 Å². The molecule has 0 saturated carbocycles. The average Bonchev–Trinajstić information content (AvgIpc) is 3.02. The molecule has 0 atom stereocenters. The SMILES string of the molecule is COC(=O)c1c(-c2ccc(OCc3ccccc3)cc2)noc1C. The number of ether oxygens (including phenoxy) is 2. The Kier molecular flexibility index (Phi) is 4.61. The minimum Gasteiger partial charge on any atom is -0.489 e. The van der Waals surface area contributed by atoms with Crippen molar-refractivity contribution in [3.05, 3.63) is 71.5 Å². The first kappa shape index (κ1) is 15.8. The number of hydrogen-bond donors (Lipinski definition) is 0. The summed E-state index contributed by atoms with van der Waals surface area (Å²) in [6.07, 6.45) is 0. The summed E-state index contributed by atoms with van der Waals surface area (Å²) < 4.78 is 15.7. The number of methoxy groups -OCH3 is 1. The van der Waals surface area contributed by atoms with Crippen molar-refractivity contribution < 1.29 is 18.8 Å². The molecule has 1 heterocycles. The number of aryl methyl sites for hydroxylation is 1. The molecule has 3 aromatic rings. The number of esters is 1. The van der Waals surface area contributed by atoms with Gasteiger partial charge in [0.15, 0.2) is 0 Å². The summed E-state index contributed by atoms with van der Waals surface area (Å²) >= 11 is 0. The van der Waals surface area contributed by atoms with Crippen molar-refractivity contribution in [1.29, 1.82) is 0 Å². The van der Waals surface area contributed by atoms with Crippen LogP contribution in [0.25, 0.3) is 11.3 Å². The Morgan fingerprint density at radius 3 is 2.46 bits per heavy atom. The quantitative estimate of drug-likeness (QED) is 0.664. The summed E-state index contributed by atoms with van der Waals surface area (Å²) in [6, 6.07) is 17.3. The Hall–Kier alpha value is -3.08. The highest BCUT2D eigenvalue weighted by Gasteiger charge is 2.22. The Labute approximate surface area is 139 Å². The monoisotopic (exact) mass is 323 g/mol. The van der Waals surface area contributed by atoms with Gasteiger partial charge < -0.3 is 14.0 Å². The van der Waals surface area contributed by atoms with E-state index in [-0.39, 0.29) is 0 Å². The molecule has 24 heavy (non-hydrogen) atoms. The first-order valence-electron chi connectivity index (χ1n) is 7.51. The number of rotatable bonds is 5. The standard InChI is InChI=1S/C19H17NO4/c1-13-17(19(21)22-2)18(20-24-13)15-8-10-16(11-9-15)23-12-14-6-4-3-5-7-14/h3-11H,12H2,1-2H3. The molecule has 0 fully saturated rings. The van der Waals surface area contributed by atoms with Crippen LogP contribution >= 0.6 is 0 Å². The van der Waals surface area contributed by atoms with Gasteiger partial charge in [0.1, 0.15) is 29.4 Å². The molecular weight excluding hydrogens is 306 g/mol. The lowest BCUT2D eigenvalue weighted by Crippen LogP contribution is -2.03. The summed E-state index contributed by atoms with van der Waals surface area (Å²) in [6.45, 7) is 2.18. The summed E-state index contributed by atoms with van der Waals surface area (Å²) in [5.74, 6) is 0.705. The molecule has 3 rings (SSSR count). The zero-order chi connectivity index (χ0) is 16.9. The van der Waals surface area contributed by atoms with Crippen molar-refractivity contribution in [3.63, 3.8) is 0 Å². The topological polar surface area (TPSA) is 61.6 Å². The van der Waals surface area contributed by atoms with Crippen LogP contribution in [0, 0.1) is 6.92 Å². The molecule has 0 bridgehead atoms. The number of aromatic nitrogens is 1. The van der Waals surface area contributed by atoms with Crippen LogP contribution < -0.4 is 4.74 Å². The molecule has 0 spiro atoms. The molecule has 0 aliphatic heterocycles. The normalized spacial score (nSPS) is 10.4. The van der Waals surface area contributed by atoms with Gasteiger partial charge in [-0.3, -0.25) is 0 Å². The van der Waals surface area contributed by atoms with Crippen LogP contribution in [0.2, 0.25) is 0 Å². The lowest BCUT2D eigenvalue weighted by molar-refractivity contribution is 0.0599. The van der Waals surface area contributed by atoms with E-state index in [0.29, 0.717) is 23.6 Å². The van der Waals surface area contributed by atoms with Gasteiger partial charge in [0.25, 0.3) is 0 Å². The fraction of sp³-hybridized carbons (Fsp3) is 0.158. The Morgan fingerprint density at radius 2 is 1.79 bits per heavy atom. The molecule has 0 aliphatic rings. The molecule has 5 nitrogen and oxygen atoms in total. The second kappa shape index (κ2) is 7.00. The van der Waals surface area contributed by atoms with Gasteiger partial charge in [-0.2, -0.15) is 0 Å². The Morgan fingerprint density at radius 1 is 1.08 bits per heavy atom. The van der Waals surface area contributed by atoms with Crippen LogP contribution in [-0.4, -0.2) is 18.2 Å². The molecule has 0 radical (unpaired) electrons. The van der Waals surface area contributed by atoms with Gasteiger partial charge >= 0.3 is 5.97 Å². The Bertz CT molecular complexity index is 822. The van der Waals surface area contributed by atoms with E-state index < -0.39 is 5.97 Å². The maximum absolute atomic E-state index is 11.9. The van der Waals surface area contributed by atoms with Crippen LogP contribution in [0.5, 0.6) is 5.75 Å². The molecule has 0 aliphatic carbocycles. The average molecular weight is 323 g/mol. The number of hydrogen-bond acceptors (Lipinski definition) is 5. The number of carbonyl (C=O) groups is 1. The highest BCUT2D eigenvalue weighted by molar-refractivity contribution is 5.97. The van der Waals surface area contributed by atoms with Crippen molar-refractivity contribution in [3.8, 4) is 17.0 Å². The van der Waals surface area contributed by atoms with Gasteiger partial charge in [-0.15, -0.1) is 0 Å². The molecule has 0 unspecified atom stereocenters. The van der Waals surface area contributed by atoms with E-state index in [1.807, 2.05) is 54.6 Å². The maximum atomic E-state index is 11.9. The van der Waals surface area contributed by atoms with Crippen LogP contribution in [-0.2, 0) is 11.3 Å². The summed E-state index contributed by atoms with van der Waals surface area (Å²) in [7, 11) is 1.33. The first-order chi connectivity index (χ1) is 11.7. The molecule has 0 saturated heterocycles. The summed E-state index contributed by atoms with van der Waals surface area (Å²) in [4.78, 5) is 11.9. The fourth-order valence-electron chi connectivity index (χ4n) is 2.36. The molecular formula is C19H17NO4. The smallest absolute Gasteiger partial charge is 0.343 e. The van der Waals surface area contributed by atoms with Crippen LogP contribution in [0.3, 0.4) is 0 Å². The molecule has 1 aromatic heterocycles. The molecule has 5 heteroatoms. The van der Waals surface area contributed by atoms with Crippen molar-refractivity contribution >= 4 is 5.97 Å². The first-order valence-corrected chi connectivity index (χ1v) is 7.51. The van der Waals surface area contributed by atoms with Crippen molar-refractivity contribution in [2.45, 2.75) is 13.5 Å². The Balaban J connectivity index is 1.77. The van der Waals surface area contributed by atoms with Gasteiger partial charge in [-0.1, -0.05) is 35.5 Å². The highest BCUT2D eigenvalue weighted by atomic mass is 16.5. The van der Waals surface area contributed by atoms with Gasteiger partial charge in [-0.05, 0) is 36.8 Å². The van der Waals surface area contributed by atoms with Gasteiger partial charge in [0, 0.05) is 5.56 Å². The van der Waals surface area contributed by atoms with Crippen LogP contribution in [0.15, 0.2) is 59.1 Å². The molecule has 0 amide bonds. The highest BCUT2D eigenvalue weighted by Crippen LogP contribution is 2.27. The third kappa shape index (κ3) is 3.30. The number of benzene rings is 2. The van der Waals surface area contributed by atoms with Crippen molar-refractivity contribution in [1.82, 2.24) is 5.16 Å². The van der Waals surface area contributed by atoms with E-state index in [4.69, 9.17) is 14.0 Å². The summed E-state index contributed by atoms with van der Waals surface area (Å²) in [5.41, 5.74) is 2.67. The van der Waals surface area contributed by atoms with E-state index in [0.717, 1.165) is 16.9 Å². The van der Waals surface area contributed by atoms with Crippen LogP contribution in [0.1, 0.15) is 21.7 Å². The largest absolute Gasteiger partial charge is 0.489 e. The van der Waals surface area contributed by atoms with E-state index >= 15 is 0 Å². The zero-order valence-corrected chi connectivity index (χ0v) is 13.5. The van der Waals surface area contributed by atoms with E-state index in [1.165, 1.54) is 7.11 Å². The van der Waals surface area contributed by atoms with Crippen molar-refractivity contribution in [2.75, 3.05) is 7.11 Å². The lowest BCUT2D eigenvalue weighted by Gasteiger charge is -2.07. The molecule has 0 N–H and O–H groups in total.